The lowest BCUT2D eigenvalue weighted by Gasteiger charge is -2.08. The van der Waals surface area contributed by atoms with Crippen molar-refractivity contribution in [1.82, 2.24) is 4.98 Å². The maximum atomic E-state index is 12.0. The van der Waals surface area contributed by atoms with Crippen molar-refractivity contribution in [2.24, 2.45) is 0 Å². The van der Waals surface area contributed by atoms with Gasteiger partial charge < -0.3 is 10.1 Å². The van der Waals surface area contributed by atoms with E-state index in [1.807, 2.05) is 0 Å². The average molecular weight is 310 g/mol. The van der Waals surface area contributed by atoms with Crippen LogP contribution in [0.1, 0.15) is 15.9 Å². The predicted molar refractivity (Wildman–Crippen MR) is 74.3 cm³/mol. The summed E-state index contributed by atoms with van der Waals surface area (Å²) in [4.78, 5) is 15.8. The first-order valence-electron chi connectivity index (χ1n) is 6.39. The first-order chi connectivity index (χ1) is 10.4. The molecule has 1 heterocycles. The van der Waals surface area contributed by atoms with Crippen LogP contribution in [0, 0.1) is 0 Å². The summed E-state index contributed by atoms with van der Waals surface area (Å²) in [6, 6.07) is 9.47. The fourth-order valence-corrected chi connectivity index (χ4v) is 1.68. The number of hydrogen-bond acceptors (Lipinski definition) is 3. The standard InChI is InChI=1S/C15H13F3N2O2/c16-15(17,18)10-22-9-11-1-3-12(4-2-11)14(21)20-13-5-7-19-8-6-13/h1-8H,9-10H2,(H,19,20,21). The molecule has 0 radical (unpaired) electrons. The minimum Gasteiger partial charge on any atom is -0.367 e. The second kappa shape index (κ2) is 7.04. The summed E-state index contributed by atoms with van der Waals surface area (Å²) in [5.74, 6) is -0.311. The predicted octanol–water partition coefficient (Wildman–Crippen LogP) is 3.41. The number of rotatable bonds is 5. The molecule has 2 aromatic rings. The van der Waals surface area contributed by atoms with Crippen LogP contribution in [-0.4, -0.2) is 23.7 Å². The molecular formula is C15H13F3N2O2. The topological polar surface area (TPSA) is 51.2 Å². The average Bonchev–Trinajstić information content (AvgIpc) is 2.47. The lowest BCUT2D eigenvalue weighted by atomic mass is 10.1. The number of anilines is 1. The summed E-state index contributed by atoms with van der Waals surface area (Å²) in [7, 11) is 0. The third-order valence-corrected chi connectivity index (χ3v) is 2.69. The number of carbonyl (C=O) groups is 1. The Kier molecular flexibility index (Phi) is 5.11. The van der Waals surface area contributed by atoms with E-state index in [1.54, 1.807) is 36.7 Å². The van der Waals surface area contributed by atoms with Crippen molar-refractivity contribution in [2.45, 2.75) is 12.8 Å². The van der Waals surface area contributed by atoms with Crippen molar-refractivity contribution in [3.63, 3.8) is 0 Å². The quantitative estimate of drug-likeness (QED) is 0.920. The number of nitrogens with one attached hydrogen (secondary N) is 1. The second-order valence-electron chi connectivity index (χ2n) is 4.49. The minimum absolute atomic E-state index is 0.161. The van der Waals surface area contributed by atoms with Gasteiger partial charge in [-0.05, 0) is 29.8 Å². The van der Waals surface area contributed by atoms with E-state index in [1.165, 1.54) is 12.1 Å². The van der Waals surface area contributed by atoms with E-state index in [9.17, 15) is 18.0 Å². The molecule has 0 aliphatic heterocycles. The summed E-state index contributed by atoms with van der Waals surface area (Å²) in [5, 5.41) is 2.68. The normalized spacial score (nSPS) is 11.2. The Morgan fingerprint density at radius 1 is 1.09 bits per heavy atom. The summed E-state index contributed by atoms with van der Waals surface area (Å²) in [5.41, 5.74) is 1.57. The second-order valence-corrected chi connectivity index (χ2v) is 4.49. The van der Waals surface area contributed by atoms with Gasteiger partial charge in [0.25, 0.3) is 5.91 Å². The Morgan fingerprint density at radius 3 is 2.32 bits per heavy atom. The number of aromatic nitrogens is 1. The minimum atomic E-state index is -4.34. The van der Waals surface area contributed by atoms with E-state index in [2.05, 4.69) is 15.0 Å². The van der Waals surface area contributed by atoms with E-state index >= 15 is 0 Å². The van der Waals surface area contributed by atoms with Crippen molar-refractivity contribution >= 4 is 11.6 Å². The van der Waals surface area contributed by atoms with Crippen molar-refractivity contribution in [3.8, 4) is 0 Å². The number of benzene rings is 1. The van der Waals surface area contributed by atoms with Crippen molar-refractivity contribution in [3.05, 3.63) is 59.9 Å². The fourth-order valence-electron chi connectivity index (χ4n) is 1.68. The van der Waals surface area contributed by atoms with E-state index in [0.717, 1.165) is 0 Å². The number of ether oxygens (including phenoxy) is 1. The largest absolute Gasteiger partial charge is 0.411 e. The van der Waals surface area contributed by atoms with Gasteiger partial charge in [-0.2, -0.15) is 13.2 Å². The summed E-state index contributed by atoms with van der Waals surface area (Å²) in [6.07, 6.45) is -1.24. The maximum Gasteiger partial charge on any atom is 0.411 e. The van der Waals surface area contributed by atoms with Gasteiger partial charge in [0.05, 0.1) is 6.61 Å². The van der Waals surface area contributed by atoms with Gasteiger partial charge >= 0.3 is 6.18 Å². The lowest BCUT2D eigenvalue weighted by Crippen LogP contribution is -2.16. The van der Waals surface area contributed by atoms with Crippen LogP contribution in [0.25, 0.3) is 0 Å². The Labute approximate surface area is 124 Å². The molecule has 0 unspecified atom stereocenters. The highest BCUT2D eigenvalue weighted by atomic mass is 19.4. The zero-order valence-electron chi connectivity index (χ0n) is 11.4. The molecule has 0 aliphatic carbocycles. The van der Waals surface area contributed by atoms with Gasteiger partial charge in [0, 0.05) is 23.6 Å². The number of carbonyl (C=O) groups excluding carboxylic acids is 1. The van der Waals surface area contributed by atoms with Gasteiger partial charge in [0.15, 0.2) is 0 Å². The monoisotopic (exact) mass is 310 g/mol. The third kappa shape index (κ3) is 5.17. The number of nitrogens with zero attached hydrogens (tertiary/aromatic N) is 1. The van der Waals surface area contributed by atoms with Crippen molar-refractivity contribution in [1.29, 1.82) is 0 Å². The molecule has 0 saturated carbocycles. The first-order valence-corrected chi connectivity index (χ1v) is 6.39. The van der Waals surface area contributed by atoms with Gasteiger partial charge in [-0.1, -0.05) is 12.1 Å². The summed E-state index contributed by atoms with van der Waals surface area (Å²) < 4.78 is 40.4. The van der Waals surface area contributed by atoms with Crippen molar-refractivity contribution < 1.29 is 22.7 Å². The molecule has 0 bridgehead atoms. The molecule has 22 heavy (non-hydrogen) atoms. The molecule has 0 fully saturated rings. The number of halogens is 3. The summed E-state index contributed by atoms with van der Waals surface area (Å²) in [6.45, 7) is -1.46. The SMILES string of the molecule is O=C(Nc1ccncc1)c1ccc(COCC(F)(F)F)cc1. The molecule has 1 aromatic heterocycles. The Morgan fingerprint density at radius 2 is 1.73 bits per heavy atom. The van der Waals surface area contributed by atoms with Crippen LogP contribution in [0.2, 0.25) is 0 Å². The smallest absolute Gasteiger partial charge is 0.367 e. The number of pyridine rings is 1. The highest BCUT2D eigenvalue weighted by Gasteiger charge is 2.27. The van der Waals surface area contributed by atoms with Crippen LogP contribution >= 0.6 is 0 Å². The molecule has 0 saturated heterocycles. The van der Waals surface area contributed by atoms with Crippen molar-refractivity contribution in [2.75, 3.05) is 11.9 Å². The van der Waals surface area contributed by atoms with Crippen LogP contribution < -0.4 is 5.32 Å². The Hall–Kier alpha value is -2.41. The van der Waals surface area contributed by atoms with Gasteiger partial charge in [0.2, 0.25) is 0 Å². The molecule has 1 N–H and O–H groups in total. The fraction of sp³-hybridized carbons (Fsp3) is 0.200. The first kappa shape index (κ1) is 16.0. The van der Waals surface area contributed by atoms with Crippen LogP contribution in [-0.2, 0) is 11.3 Å². The van der Waals surface area contributed by atoms with Crippen LogP contribution in [0.5, 0.6) is 0 Å². The van der Waals surface area contributed by atoms with Gasteiger partial charge in [-0.15, -0.1) is 0 Å². The third-order valence-electron chi connectivity index (χ3n) is 2.69. The molecule has 7 heteroatoms. The number of hydrogen-bond donors (Lipinski definition) is 1. The molecule has 0 spiro atoms. The lowest BCUT2D eigenvalue weighted by molar-refractivity contribution is -0.176. The van der Waals surface area contributed by atoms with E-state index in [0.29, 0.717) is 16.8 Å². The van der Waals surface area contributed by atoms with Gasteiger partial charge in [-0.3, -0.25) is 9.78 Å². The molecule has 4 nitrogen and oxygen atoms in total. The maximum absolute atomic E-state index is 12.0. The highest BCUT2D eigenvalue weighted by Crippen LogP contribution is 2.16. The van der Waals surface area contributed by atoms with Gasteiger partial charge in [0.1, 0.15) is 6.61 Å². The Bertz CT molecular complexity index is 613. The van der Waals surface area contributed by atoms with Gasteiger partial charge in [-0.25, -0.2) is 0 Å². The van der Waals surface area contributed by atoms with Crippen LogP contribution in [0.15, 0.2) is 48.8 Å². The summed E-state index contributed by atoms with van der Waals surface area (Å²) >= 11 is 0. The van der Waals surface area contributed by atoms with E-state index in [-0.39, 0.29) is 12.5 Å². The molecule has 1 aromatic carbocycles. The van der Waals surface area contributed by atoms with Crippen LogP contribution in [0.4, 0.5) is 18.9 Å². The number of amides is 1. The molecular weight excluding hydrogens is 297 g/mol. The molecule has 116 valence electrons. The molecule has 0 aliphatic rings. The molecule has 1 amide bonds. The molecule has 2 rings (SSSR count). The Balaban J connectivity index is 1.90. The molecule has 0 atom stereocenters. The van der Waals surface area contributed by atoms with E-state index in [4.69, 9.17) is 0 Å². The van der Waals surface area contributed by atoms with Crippen LogP contribution in [0.3, 0.4) is 0 Å². The zero-order chi connectivity index (χ0) is 16.0. The zero-order valence-corrected chi connectivity index (χ0v) is 11.4. The van der Waals surface area contributed by atoms with E-state index < -0.39 is 12.8 Å². The highest BCUT2D eigenvalue weighted by molar-refractivity contribution is 6.04. The number of alkyl halides is 3.